The number of carbonyl (C=O) groups excluding carboxylic acids is 1. The first kappa shape index (κ1) is 16.7. The van der Waals surface area contributed by atoms with Gasteiger partial charge in [-0.3, -0.25) is 4.79 Å². The molecular weight excluding hydrogens is 240 g/mol. The number of halogens is 1. The van der Waals surface area contributed by atoms with Gasteiger partial charge in [-0.2, -0.15) is 0 Å². The molecule has 0 spiro atoms. The molecule has 17 heavy (non-hydrogen) atoms. The summed E-state index contributed by atoms with van der Waals surface area (Å²) in [6.07, 6.45) is 3.34. The lowest BCUT2D eigenvalue weighted by Crippen LogP contribution is -2.50. The minimum Gasteiger partial charge on any atom is -0.383 e. The zero-order chi connectivity index (χ0) is 12.2. The summed E-state index contributed by atoms with van der Waals surface area (Å²) in [7, 11) is 1.57. The highest BCUT2D eigenvalue weighted by atomic mass is 35.5. The van der Waals surface area contributed by atoms with E-state index in [0.717, 1.165) is 25.9 Å². The van der Waals surface area contributed by atoms with Gasteiger partial charge >= 0.3 is 0 Å². The van der Waals surface area contributed by atoms with Crippen LogP contribution >= 0.6 is 12.4 Å². The molecule has 1 fully saturated rings. The van der Waals surface area contributed by atoms with Crippen LogP contribution in [-0.4, -0.2) is 43.7 Å². The zero-order valence-electron chi connectivity index (χ0n) is 11.1. The van der Waals surface area contributed by atoms with E-state index in [4.69, 9.17) is 10.5 Å². The van der Waals surface area contributed by atoms with Crippen LogP contribution in [0.5, 0.6) is 0 Å². The molecule has 0 aromatic heterocycles. The number of nitrogens with two attached hydrogens (primary N) is 1. The zero-order valence-corrected chi connectivity index (χ0v) is 11.9. The molecule has 0 bridgehead atoms. The topological polar surface area (TPSA) is 55.6 Å². The maximum Gasteiger partial charge on any atom is 0.241 e. The van der Waals surface area contributed by atoms with Crippen molar-refractivity contribution in [2.45, 2.75) is 39.2 Å². The van der Waals surface area contributed by atoms with E-state index in [9.17, 15) is 4.79 Å². The molecule has 4 nitrogen and oxygen atoms in total. The molecule has 0 saturated carbocycles. The van der Waals surface area contributed by atoms with Crippen molar-refractivity contribution < 1.29 is 9.53 Å². The summed E-state index contributed by atoms with van der Waals surface area (Å²) in [5, 5.41) is 0. The largest absolute Gasteiger partial charge is 0.383 e. The molecule has 102 valence electrons. The first-order valence-electron chi connectivity index (χ1n) is 6.06. The summed E-state index contributed by atoms with van der Waals surface area (Å²) in [6.45, 7) is 6.49. The van der Waals surface area contributed by atoms with Crippen LogP contribution in [0, 0.1) is 5.41 Å². The molecule has 1 rings (SSSR count). The van der Waals surface area contributed by atoms with Gasteiger partial charge in [-0.05, 0) is 18.3 Å². The molecule has 0 aromatic carbocycles. The summed E-state index contributed by atoms with van der Waals surface area (Å²) < 4.78 is 4.91. The number of carbonyl (C=O) groups is 1. The summed E-state index contributed by atoms with van der Waals surface area (Å²) in [5.74, 6) is 0.0278. The lowest BCUT2D eigenvalue weighted by molar-refractivity contribution is -0.136. The minimum absolute atomic E-state index is 0. The molecule has 0 aromatic rings. The SMILES string of the molecule is CCC1(C)CCN(C(=O)C(N)COC)CC1.Cl. The summed E-state index contributed by atoms with van der Waals surface area (Å²) in [4.78, 5) is 13.8. The van der Waals surface area contributed by atoms with Gasteiger partial charge in [0, 0.05) is 20.2 Å². The van der Waals surface area contributed by atoms with Gasteiger partial charge in [0.05, 0.1) is 6.61 Å². The lowest BCUT2D eigenvalue weighted by Gasteiger charge is -2.39. The van der Waals surface area contributed by atoms with Crippen molar-refractivity contribution >= 4 is 18.3 Å². The van der Waals surface area contributed by atoms with Gasteiger partial charge < -0.3 is 15.4 Å². The summed E-state index contributed by atoms with van der Waals surface area (Å²) in [5.41, 5.74) is 6.15. The van der Waals surface area contributed by atoms with Crippen molar-refractivity contribution in [2.75, 3.05) is 26.8 Å². The first-order chi connectivity index (χ1) is 7.52. The fraction of sp³-hybridized carbons (Fsp3) is 0.917. The number of ether oxygens (including phenoxy) is 1. The number of likely N-dealkylation sites (tertiary alicyclic amines) is 1. The van der Waals surface area contributed by atoms with Crippen molar-refractivity contribution in [1.29, 1.82) is 0 Å². The van der Waals surface area contributed by atoms with Gasteiger partial charge in [0.15, 0.2) is 0 Å². The quantitative estimate of drug-likeness (QED) is 0.836. The van der Waals surface area contributed by atoms with Gasteiger partial charge in [-0.15, -0.1) is 12.4 Å². The molecule has 2 N–H and O–H groups in total. The van der Waals surface area contributed by atoms with Crippen LogP contribution in [0.25, 0.3) is 0 Å². The third-order valence-corrected chi connectivity index (χ3v) is 3.80. The van der Waals surface area contributed by atoms with E-state index >= 15 is 0 Å². The molecule has 1 amide bonds. The number of piperidine rings is 1. The van der Waals surface area contributed by atoms with Crippen molar-refractivity contribution in [3.05, 3.63) is 0 Å². The molecule has 1 heterocycles. The fourth-order valence-electron chi connectivity index (χ4n) is 2.11. The number of amides is 1. The summed E-state index contributed by atoms with van der Waals surface area (Å²) in [6, 6.07) is -0.504. The Kier molecular flexibility index (Phi) is 7.05. The average molecular weight is 265 g/mol. The molecule has 0 radical (unpaired) electrons. The molecule has 1 unspecified atom stereocenters. The van der Waals surface area contributed by atoms with Crippen LogP contribution in [0.15, 0.2) is 0 Å². The molecule has 1 saturated heterocycles. The Bertz CT molecular complexity index is 241. The predicted molar refractivity (Wildman–Crippen MR) is 71.3 cm³/mol. The number of rotatable bonds is 4. The molecule has 1 atom stereocenters. The maximum absolute atomic E-state index is 11.9. The van der Waals surface area contributed by atoms with Gasteiger partial charge in [0.1, 0.15) is 6.04 Å². The Hall–Kier alpha value is -0.320. The average Bonchev–Trinajstić information content (AvgIpc) is 2.29. The minimum atomic E-state index is -0.504. The van der Waals surface area contributed by atoms with Crippen molar-refractivity contribution in [1.82, 2.24) is 4.90 Å². The van der Waals surface area contributed by atoms with Crippen molar-refractivity contribution in [3.63, 3.8) is 0 Å². The van der Waals surface area contributed by atoms with Crippen LogP contribution < -0.4 is 5.73 Å². The van der Waals surface area contributed by atoms with Gasteiger partial charge in [-0.25, -0.2) is 0 Å². The third kappa shape index (κ3) is 4.45. The highest BCUT2D eigenvalue weighted by Crippen LogP contribution is 2.33. The fourth-order valence-corrected chi connectivity index (χ4v) is 2.11. The predicted octanol–water partition coefficient (Wildman–Crippen LogP) is 1.42. The molecule has 1 aliphatic heterocycles. The van der Waals surface area contributed by atoms with E-state index < -0.39 is 6.04 Å². The van der Waals surface area contributed by atoms with Crippen LogP contribution in [-0.2, 0) is 9.53 Å². The van der Waals surface area contributed by atoms with E-state index in [2.05, 4.69) is 13.8 Å². The Morgan fingerprint density at radius 3 is 2.41 bits per heavy atom. The number of nitrogens with zero attached hydrogens (tertiary/aromatic N) is 1. The lowest BCUT2D eigenvalue weighted by atomic mass is 9.78. The molecule has 5 heteroatoms. The van der Waals surface area contributed by atoms with Crippen LogP contribution in [0.1, 0.15) is 33.1 Å². The van der Waals surface area contributed by atoms with Crippen LogP contribution in [0.2, 0.25) is 0 Å². The molecule has 1 aliphatic rings. The van der Waals surface area contributed by atoms with E-state index in [1.54, 1.807) is 7.11 Å². The number of hydrogen-bond acceptors (Lipinski definition) is 3. The first-order valence-corrected chi connectivity index (χ1v) is 6.06. The van der Waals surface area contributed by atoms with Crippen LogP contribution in [0.3, 0.4) is 0 Å². The number of hydrogen-bond donors (Lipinski definition) is 1. The van der Waals surface area contributed by atoms with Crippen molar-refractivity contribution in [3.8, 4) is 0 Å². The Balaban J connectivity index is 0.00000256. The van der Waals surface area contributed by atoms with E-state index in [0.29, 0.717) is 12.0 Å². The molecule has 0 aliphatic carbocycles. The third-order valence-electron chi connectivity index (χ3n) is 3.80. The Labute approximate surface area is 110 Å². The molecular formula is C12H25ClN2O2. The standard InChI is InChI=1S/C12H24N2O2.ClH/c1-4-12(2)5-7-14(8-6-12)11(15)10(13)9-16-3;/h10H,4-9,13H2,1-3H3;1H. The second-order valence-electron chi connectivity index (χ2n) is 5.05. The highest BCUT2D eigenvalue weighted by Gasteiger charge is 2.31. The van der Waals surface area contributed by atoms with Crippen molar-refractivity contribution in [2.24, 2.45) is 11.1 Å². The monoisotopic (exact) mass is 264 g/mol. The van der Waals surface area contributed by atoms with Crippen LogP contribution in [0.4, 0.5) is 0 Å². The summed E-state index contributed by atoms with van der Waals surface area (Å²) >= 11 is 0. The maximum atomic E-state index is 11.9. The Morgan fingerprint density at radius 2 is 2.00 bits per heavy atom. The van der Waals surface area contributed by atoms with E-state index in [1.807, 2.05) is 4.90 Å². The second kappa shape index (κ2) is 7.19. The van der Waals surface area contributed by atoms with Gasteiger partial charge in [0.2, 0.25) is 5.91 Å². The highest BCUT2D eigenvalue weighted by molar-refractivity contribution is 5.85. The smallest absolute Gasteiger partial charge is 0.241 e. The number of methoxy groups -OCH3 is 1. The van der Waals surface area contributed by atoms with Gasteiger partial charge in [0.25, 0.3) is 0 Å². The van der Waals surface area contributed by atoms with E-state index in [-0.39, 0.29) is 18.3 Å². The normalized spacial score (nSPS) is 20.6. The van der Waals surface area contributed by atoms with Gasteiger partial charge in [-0.1, -0.05) is 20.3 Å². The second-order valence-corrected chi connectivity index (χ2v) is 5.05. The Morgan fingerprint density at radius 1 is 1.47 bits per heavy atom. The van der Waals surface area contributed by atoms with E-state index in [1.165, 1.54) is 6.42 Å².